The largest absolute Gasteiger partial charge is 0.277 e. The van der Waals surface area contributed by atoms with Crippen molar-refractivity contribution in [2.45, 2.75) is 19.4 Å². The van der Waals surface area contributed by atoms with E-state index in [0.717, 1.165) is 9.35 Å². The molecule has 0 bridgehead atoms. The summed E-state index contributed by atoms with van der Waals surface area (Å²) in [6, 6.07) is 1.94. The smallest absolute Gasteiger partial charge is 0.233 e. The first kappa shape index (κ1) is 12.1. The lowest BCUT2D eigenvalue weighted by Gasteiger charge is -2.14. The van der Waals surface area contributed by atoms with Crippen LogP contribution < -0.4 is 0 Å². The molecular formula is C13H12BrNO2S. The standard InChI is InChI=1S/C13H12BrNO2S/c14-10-5-6-18-11(10)7-15-12(16)8-3-1-2-4-9(8)13(15)17/h1-2,5-6,8-9H,3-4,7H2/t8-,9+. The average Bonchev–Trinajstić information content (AvgIpc) is 2.89. The van der Waals surface area contributed by atoms with E-state index in [1.807, 2.05) is 23.6 Å². The van der Waals surface area contributed by atoms with E-state index in [1.54, 1.807) is 11.3 Å². The van der Waals surface area contributed by atoms with Gasteiger partial charge in [0, 0.05) is 9.35 Å². The van der Waals surface area contributed by atoms with Crippen molar-refractivity contribution >= 4 is 39.1 Å². The van der Waals surface area contributed by atoms with Crippen molar-refractivity contribution in [2.75, 3.05) is 0 Å². The van der Waals surface area contributed by atoms with Crippen molar-refractivity contribution < 1.29 is 9.59 Å². The number of hydrogen-bond donors (Lipinski definition) is 0. The number of carbonyl (C=O) groups is 2. The minimum absolute atomic E-state index is 0.00495. The van der Waals surface area contributed by atoms with Gasteiger partial charge in [-0.15, -0.1) is 11.3 Å². The number of hydrogen-bond acceptors (Lipinski definition) is 3. The average molecular weight is 326 g/mol. The Balaban J connectivity index is 1.84. The quantitative estimate of drug-likeness (QED) is 0.619. The zero-order valence-corrected chi connectivity index (χ0v) is 12.0. The molecule has 3 nitrogen and oxygen atoms in total. The van der Waals surface area contributed by atoms with E-state index in [-0.39, 0.29) is 23.7 Å². The molecule has 2 amide bonds. The number of rotatable bonds is 2. The molecule has 5 heteroatoms. The SMILES string of the molecule is O=C1[C@H]2CC=CC[C@H]2C(=O)N1Cc1sccc1Br. The summed E-state index contributed by atoms with van der Waals surface area (Å²) in [4.78, 5) is 27.0. The van der Waals surface area contributed by atoms with Crippen LogP contribution in [0.1, 0.15) is 17.7 Å². The summed E-state index contributed by atoms with van der Waals surface area (Å²) in [5.74, 6) is -0.258. The van der Waals surface area contributed by atoms with Crippen LogP contribution in [0.4, 0.5) is 0 Å². The normalized spacial score (nSPS) is 26.8. The van der Waals surface area contributed by atoms with E-state index in [0.29, 0.717) is 19.4 Å². The maximum absolute atomic E-state index is 12.2. The van der Waals surface area contributed by atoms with Crippen LogP contribution in [-0.4, -0.2) is 16.7 Å². The summed E-state index contributed by atoms with van der Waals surface area (Å²) in [6.45, 7) is 0.406. The van der Waals surface area contributed by atoms with Gasteiger partial charge in [0.2, 0.25) is 11.8 Å². The molecule has 1 fully saturated rings. The molecule has 0 N–H and O–H groups in total. The fraction of sp³-hybridized carbons (Fsp3) is 0.385. The summed E-state index contributed by atoms with van der Waals surface area (Å²) in [5.41, 5.74) is 0. The number of allylic oxidation sites excluding steroid dienone is 2. The maximum Gasteiger partial charge on any atom is 0.233 e. The van der Waals surface area contributed by atoms with Gasteiger partial charge < -0.3 is 0 Å². The zero-order valence-electron chi connectivity index (χ0n) is 9.64. The number of nitrogens with zero attached hydrogens (tertiary/aromatic N) is 1. The van der Waals surface area contributed by atoms with E-state index in [1.165, 1.54) is 4.90 Å². The van der Waals surface area contributed by atoms with Crippen LogP contribution in [0.15, 0.2) is 28.1 Å². The minimum Gasteiger partial charge on any atom is -0.277 e. The molecule has 3 rings (SSSR count). The maximum atomic E-state index is 12.2. The van der Waals surface area contributed by atoms with Gasteiger partial charge in [-0.3, -0.25) is 14.5 Å². The lowest BCUT2D eigenvalue weighted by Crippen LogP contribution is -2.30. The minimum atomic E-state index is -0.124. The Kier molecular flexibility index (Phi) is 3.11. The van der Waals surface area contributed by atoms with Crippen molar-refractivity contribution in [3.05, 3.63) is 32.9 Å². The summed E-state index contributed by atoms with van der Waals surface area (Å²) < 4.78 is 0.973. The van der Waals surface area contributed by atoms with Gasteiger partial charge in [-0.05, 0) is 40.2 Å². The highest BCUT2D eigenvalue weighted by molar-refractivity contribution is 9.10. The van der Waals surface area contributed by atoms with Crippen LogP contribution in [0.25, 0.3) is 0 Å². The number of likely N-dealkylation sites (tertiary alicyclic amines) is 1. The highest BCUT2D eigenvalue weighted by atomic mass is 79.9. The number of thiophene rings is 1. The van der Waals surface area contributed by atoms with Gasteiger partial charge in [-0.2, -0.15) is 0 Å². The van der Waals surface area contributed by atoms with Gasteiger partial charge in [0.15, 0.2) is 0 Å². The highest BCUT2D eigenvalue weighted by Gasteiger charge is 2.47. The van der Waals surface area contributed by atoms with Crippen molar-refractivity contribution in [1.82, 2.24) is 4.90 Å². The van der Waals surface area contributed by atoms with E-state index < -0.39 is 0 Å². The monoisotopic (exact) mass is 325 g/mol. The Labute approximate surface area is 118 Å². The molecule has 0 unspecified atom stereocenters. The van der Waals surface area contributed by atoms with E-state index in [9.17, 15) is 9.59 Å². The Morgan fingerprint density at radius 1 is 1.22 bits per heavy atom. The summed E-state index contributed by atoms with van der Waals surface area (Å²) in [5, 5.41) is 1.96. The van der Waals surface area contributed by atoms with Crippen molar-refractivity contribution in [3.63, 3.8) is 0 Å². The molecule has 1 aliphatic heterocycles. The Bertz CT molecular complexity index is 511. The second-order valence-electron chi connectivity index (χ2n) is 4.61. The molecule has 1 aromatic rings. The fourth-order valence-electron chi connectivity index (χ4n) is 2.61. The van der Waals surface area contributed by atoms with Crippen molar-refractivity contribution in [3.8, 4) is 0 Å². The van der Waals surface area contributed by atoms with E-state index in [2.05, 4.69) is 15.9 Å². The lowest BCUT2D eigenvalue weighted by molar-refractivity contribution is -0.140. The molecule has 1 aromatic heterocycles. The predicted octanol–water partition coefficient (Wildman–Crippen LogP) is 2.96. The van der Waals surface area contributed by atoms with E-state index in [4.69, 9.17) is 0 Å². The second-order valence-corrected chi connectivity index (χ2v) is 6.47. The number of fused-ring (bicyclic) bond motifs is 1. The first-order valence-corrected chi connectivity index (χ1v) is 7.58. The third kappa shape index (κ3) is 1.86. The molecule has 0 saturated carbocycles. The summed E-state index contributed by atoms with van der Waals surface area (Å²) in [7, 11) is 0. The van der Waals surface area contributed by atoms with Crippen LogP contribution in [0.5, 0.6) is 0 Å². The highest BCUT2D eigenvalue weighted by Crippen LogP contribution is 2.37. The van der Waals surface area contributed by atoms with Crippen molar-refractivity contribution in [1.29, 1.82) is 0 Å². The fourth-order valence-corrected chi connectivity index (χ4v) is 4.07. The molecule has 18 heavy (non-hydrogen) atoms. The molecule has 2 aliphatic rings. The molecule has 0 radical (unpaired) electrons. The summed E-state index contributed by atoms with van der Waals surface area (Å²) in [6.07, 6.45) is 5.43. The topological polar surface area (TPSA) is 37.4 Å². The second kappa shape index (κ2) is 4.63. The van der Waals surface area contributed by atoms with Gasteiger partial charge in [0.25, 0.3) is 0 Å². The third-order valence-electron chi connectivity index (χ3n) is 3.59. The number of halogens is 1. The van der Waals surface area contributed by atoms with Gasteiger partial charge in [0.1, 0.15) is 0 Å². The molecule has 1 aliphatic carbocycles. The van der Waals surface area contributed by atoms with Crippen molar-refractivity contribution in [2.24, 2.45) is 11.8 Å². The van der Waals surface area contributed by atoms with Gasteiger partial charge in [-0.1, -0.05) is 12.2 Å². The third-order valence-corrected chi connectivity index (χ3v) is 5.50. The van der Waals surface area contributed by atoms with E-state index >= 15 is 0 Å². The van der Waals surface area contributed by atoms with Gasteiger partial charge >= 0.3 is 0 Å². The van der Waals surface area contributed by atoms with Crippen LogP contribution in [-0.2, 0) is 16.1 Å². The number of carbonyl (C=O) groups excluding carboxylic acids is 2. The molecule has 1 saturated heterocycles. The van der Waals surface area contributed by atoms with Gasteiger partial charge in [0.05, 0.1) is 18.4 Å². The first-order chi connectivity index (χ1) is 8.68. The molecule has 0 spiro atoms. The van der Waals surface area contributed by atoms with Crippen LogP contribution in [0.3, 0.4) is 0 Å². The Morgan fingerprint density at radius 3 is 2.33 bits per heavy atom. The van der Waals surface area contributed by atoms with Crippen LogP contribution in [0.2, 0.25) is 0 Å². The molecule has 94 valence electrons. The van der Waals surface area contributed by atoms with Crippen LogP contribution >= 0.6 is 27.3 Å². The van der Waals surface area contributed by atoms with Crippen LogP contribution in [0, 0.1) is 11.8 Å². The molecule has 2 atom stereocenters. The first-order valence-electron chi connectivity index (χ1n) is 5.90. The predicted molar refractivity (Wildman–Crippen MR) is 72.9 cm³/mol. The Hall–Kier alpha value is -0.940. The number of amides is 2. The summed E-state index contributed by atoms with van der Waals surface area (Å²) >= 11 is 5.00. The lowest BCUT2D eigenvalue weighted by atomic mass is 9.85. The molecular weight excluding hydrogens is 314 g/mol. The molecule has 0 aromatic carbocycles. The zero-order chi connectivity index (χ0) is 12.7. The van der Waals surface area contributed by atoms with Gasteiger partial charge in [-0.25, -0.2) is 0 Å². The molecule has 2 heterocycles. The number of imide groups is 1. The Morgan fingerprint density at radius 2 is 1.83 bits per heavy atom.